The van der Waals surface area contributed by atoms with Crippen LogP contribution in [0.25, 0.3) is 0 Å². The van der Waals surface area contributed by atoms with Gasteiger partial charge < -0.3 is 20.1 Å². The second-order valence-corrected chi connectivity index (χ2v) is 4.09. The maximum absolute atomic E-state index is 11.7. The second-order valence-electron chi connectivity index (χ2n) is 4.09. The summed E-state index contributed by atoms with van der Waals surface area (Å²) in [5.41, 5.74) is 8.04. The molecular formula is C13H18N2O3. The number of morpholine rings is 1. The van der Waals surface area contributed by atoms with Crippen LogP contribution in [0, 0.1) is 0 Å². The van der Waals surface area contributed by atoms with Crippen molar-refractivity contribution in [2.45, 2.75) is 6.92 Å². The van der Waals surface area contributed by atoms with Crippen molar-refractivity contribution in [3.63, 3.8) is 0 Å². The number of carbonyl (C=O) groups excluding carboxylic acids is 1. The number of hydrogen-bond acceptors (Lipinski definition) is 5. The van der Waals surface area contributed by atoms with Crippen molar-refractivity contribution in [1.82, 2.24) is 0 Å². The van der Waals surface area contributed by atoms with E-state index in [0.29, 0.717) is 31.1 Å². The summed E-state index contributed by atoms with van der Waals surface area (Å²) in [7, 11) is 0. The highest BCUT2D eigenvalue weighted by Gasteiger charge is 2.16. The number of rotatable bonds is 3. The molecule has 0 spiro atoms. The smallest absolute Gasteiger partial charge is 0.338 e. The Labute approximate surface area is 106 Å². The highest BCUT2D eigenvalue weighted by molar-refractivity contribution is 5.92. The molecule has 1 aromatic carbocycles. The Bertz CT molecular complexity index is 428. The molecule has 1 heterocycles. The standard InChI is InChI=1S/C13H18N2O3/c1-2-18-13(16)10-3-4-11(14)12(9-10)15-5-7-17-8-6-15/h3-4,9H,2,5-8,14H2,1H3. The number of hydrogen-bond donors (Lipinski definition) is 1. The van der Waals surface area contributed by atoms with Gasteiger partial charge in [0, 0.05) is 13.1 Å². The Morgan fingerprint density at radius 2 is 2.17 bits per heavy atom. The van der Waals surface area contributed by atoms with Gasteiger partial charge in [-0.3, -0.25) is 0 Å². The van der Waals surface area contributed by atoms with Gasteiger partial charge in [0.2, 0.25) is 0 Å². The lowest BCUT2D eigenvalue weighted by atomic mass is 10.1. The minimum absolute atomic E-state index is 0.313. The average Bonchev–Trinajstić information content (AvgIpc) is 2.40. The zero-order valence-corrected chi connectivity index (χ0v) is 10.5. The molecule has 1 aliphatic rings. The summed E-state index contributed by atoms with van der Waals surface area (Å²) in [5.74, 6) is -0.313. The lowest BCUT2D eigenvalue weighted by Crippen LogP contribution is -2.36. The van der Waals surface area contributed by atoms with Gasteiger partial charge >= 0.3 is 5.97 Å². The minimum atomic E-state index is -0.313. The van der Waals surface area contributed by atoms with Crippen LogP contribution in [0.5, 0.6) is 0 Å². The maximum Gasteiger partial charge on any atom is 0.338 e. The topological polar surface area (TPSA) is 64.8 Å². The molecule has 98 valence electrons. The molecule has 1 saturated heterocycles. The summed E-state index contributed by atoms with van der Waals surface area (Å²) in [6.45, 7) is 5.10. The van der Waals surface area contributed by atoms with Crippen molar-refractivity contribution in [2.75, 3.05) is 43.5 Å². The van der Waals surface area contributed by atoms with E-state index in [9.17, 15) is 4.79 Å². The number of benzene rings is 1. The van der Waals surface area contributed by atoms with Crippen molar-refractivity contribution in [3.05, 3.63) is 23.8 Å². The van der Waals surface area contributed by atoms with E-state index in [4.69, 9.17) is 15.2 Å². The first kappa shape index (κ1) is 12.7. The summed E-state index contributed by atoms with van der Waals surface area (Å²) in [6, 6.07) is 5.23. The Morgan fingerprint density at radius 3 is 2.83 bits per heavy atom. The highest BCUT2D eigenvalue weighted by Crippen LogP contribution is 2.25. The van der Waals surface area contributed by atoms with Gasteiger partial charge in [0.1, 0.15) is 0 Å². The Balaban J connectivity index is 2.23. The Morgan fingerprint density at radius 1 is 1.44 bits per heavy atom. The van der Waals surface area contributed by atoms with Crippen LogP contribution in [0.4, 0.5) is 11.4 Å². The number of anilines is 2. The molecule has 5 heteroatoms. The number of ether oxygens (including phenoxy) is 2. The van der Waals surface area contributed by atoms with E-state index in [1.165, 1.54) is 0 Å². The molecule has 5 nitrogen and oxygen atoms in total. The maximum atomic E-state index is 11.7. The van der Waals surface area contributed by atoms with Crippen LogP contribution in [-0.2, 0) is 9.47 Å². The number of carbonyl (C=O) groups is 1. The molecule has 0 unspecified atom stereocenters. The largest absolute Gasteiger partial charge is 0.462 e. The first-order chi connectivity index (χ1) is 8.72. The van der Waals surface area contributed by atoms with Crippen molar-refractivity contribution in [2.24, 2.45) is 0 Å². The SMILES string of the molecule is CCOC(=O)c1ccc(N)c(N2CCOCC2)c1. The van der Waals surface area contributed by atoms with Gasteiger partial charge in [-0.1, -0.05) is 0 Å². The van der Waals surface area contributed by atoms with Crippen LogP contribution >= 0.6 is 0 Å². The fourth-order valence-corrected chi connectivity index (χ4v) is 1.96. The monoisotopic (exact) mass is 250 g/mol. The predicted octanol–water partition coefficient (Wildman–Crippen LogP) is 1.28. The van der Waals surface area contributed by atoms with E-state index in [2.05, 4.69) is 4.90 Å². The molecule has 0 amide bonds. The van der Waals surface area contributed by atoms with E-state index < -0.39 is 0 Å². The van der Waals surface area contributed by atoms with Crippen LogP contribution in [0.3, 0.4) is 0 Å². The average molecular weight is 250 g/mol. The van der Waals surface area contributed by atoms with Crippen LogP contribution in [0.2, 0.25) is 0 Å². The summed E-state index contributed by atoms with van der Waals surface area (Å²) in [4.78, 5) is 13.8. The molecular weight excluding hydrogens is 232 g/mol. The third-order valence-corrected chi connectivity index (χ3v) is 2.89. The van der Waals surface area contributed by atoms with Gasteiger partial charge in [-0.2, -0.15) is 0 Å². The van der Waals surface area contributed by atoms with Gasteiger partial charge in [0.05, 0.1) is 36.8 Å². The van der Waals surface area contributed by atoms with E-state index in [0.717, 1.165) is 18.8 Å². The van der Waals surface area contributed by atoms with E-state index >= 15 is 0 Å². The van der Waals surface area contributed by atoms with Gasteiger partial charge in [0.25, 0.3) is 0 Å². The normalized spacial score (nSPS) is 15.5. The molecule has 2 N–H and O–H groups in total. The molecule has 0 atom stereocenters. The Hall–Kier alpha value is -1.75. The van der Waals surface area contributed by atoms with Crippen LogP contribution in [0.1, 0.15) is 17.3 Å². The van der Waals surface area contributed by atoms with Crippen molar-refractivity contribution < 1.29 is 14.3 Å². The number of nitrogens with two attached hydrogens (primary N) is 1. The molecule has 1 aliphatic heterocycles. The van der Waals surface area contributed by atoms with Gasteiger partial charge in [-0.25, -0.2) is 4.79 Å². The van der Waals surface area contributed by atoms with Crippen LogP contribution in [0.15, 0.2) is 18.2 Å². The molecule has 0 saturated carbocycles. The molecule has 2 rings (SSSR count). The quantitative estimate of drug-likeness (QED) is 0.646. The molecule has 0 aliphatic carbocycles. The zero-order chi connectivity index (χ0) is 13.0. The number of esters is 1. The third-order valence-electron chi connectivity index (χ3n) is 2.89. The fraction of sp³-hybridized carbons (Fsp3) is 0.462. The first-order valence-corrected chi connectivity index (χ1v) is 6.11. The lowest BCUT2D eigenvalue weighted by Gasteiger charge is -2.30. The summed E-state index contributed by atoms with van der Waals surface area (Å²) >= 11 is 0. The van der Waals surface area contributed by atoms with Crippen LogP contribution < -0.4 is 10.6 Å². The molecule has 1 aromatic rings. The number of nitrogen functional groups attached to an aromatic ring is 1. The highest BCUT2D eigenvalue weighted by atomic mass is 16.5. The summed E-state index contributed by atoms with van der Waals surface area (Å²) in [6.07, 6.45) is 0. The van der Waals surface area contributed by atoms with Gasteiger partial charge in [-0.05, 0) is 25.1 Å². The summed E-state index contributed by atoms with van der Waals surface area (Å²) in [5, 5.41) is 0. The van der Waals surface area contributed by atoms with E-state index in [1.807, 2.05) is 0 Å². The number of nitrogens with zero attached hydrogens (tertiary/aromatic N) is 1. The molecule has 18 heavy (non-hydrogen) atoms. The van der Waals surface area contributed by atoms with Crippen molar-refractivity contribution in [1.29, 1.82) is 0 Å². The third kappa shape index (κ3) is 2.73. The Kier molecular flexibility index (Phi) is 4.04. The van der Waals surface area contributed by atoms with Gasteiger partial charge in [0.15, 0.2) is 0 Å². The molecule has 1 fully saturated rings. The fourth-order valence-electron chi connectivity index (χ4n) is 1.96. The molecule has 0 radical (unpaired) electrons. The van der Waals surface area contributed by atoms with Crippen molar-refractivity contribution in [3.8, 4) is 0 Å². The van der Waals surface area contributed by atoms with E-state index in [1.54, 1.807) is 25.1 Å². The minimum Gasteiger partial charge on any atom is -0.462 e. The molecule has 0 bridgehead atoms. The van der Waals surface area contributed by atoms with E-state index in [-0.39, 0.29) is 5.97 Å². The predicted molar refractivity (Wildman–Crippen MR) is 69.8 cm³/mol. The van der Waals surface area contributed by atoms with Crippen LogP contribution in [-0.4, -0.2) is 38.9 Å². The first-order valence-electron chi connectivity index (χ1n) is 6.11. The second kappa shape index (κ2) is 5.73. The van der Waals surface area contributed by atoms with Crippen molar-refractivity contribution >= 4 is 17.3 Å². The molecule has 0 aromatic heterocycles. The lowest BCUT2D eigenvalue weighted by molar-refractivity contribution is 0.0526. The zero-order valence-electron chi connectivity index (χ0n) is 10.5. The van der Waals surface area contributed by atoms with Gasteiger partial charge in [-0.15, -0.1) is 0 Å². The summed E-state index contributed by atoms with van der Waals surface area (Å²) < 4.78 is 10.3.